The second kappa shape index (κ2) is 7.10. The van der Waals surface area contributed by atoms with Crippen molar-refractivity contribution >= 4 is 13.4 Å². The molecule has 0 spiro atoms. The second-order valence-corrected chi connectivity index (χ2v) is 11.2. The monoisotopic (exact) mass is 404 g/mol. The minimum Gasteiger partial charge on any atom is -0.391 e. The van der Waals surface area contributed by atoms with E-state index in [0.717, 1.165) is 23.1 Å². The summed E-state index contributed by atoms with van der Waals surface area (Å²) in [5, 5.41) is 20.9. The van der Waals surface area contributed by atoms with Gasteiger partial charge < -0.3 is 10.2 Å². The summed E-state index contributed by atoms with van der Waals surface area (Å²) in [6.45, 7) is 18.4. The highest BCUT2D eigenvalue weighted by molar-refractivity contribution is 6.13. The maximum atomic E-state index is 10.5. The molecule has 0 fully saturated rings. The normalized spacial score (nSPS) is 21.9. The Hall–Kier alpha value is -1.84. The van der Waals surface area contributed by atoms with Gasteiger partial charge in [0.1, 0.15) is 7.85 Å². The van der Waals surface area contributed by atoms with Crippen LogP contribution in [0.1, 0.15) is 88.5 Å². The first kappa shape index (κ1) is 22.8. The van der Waals surface area contributed by atoms with Crippen LogP contribution < -0.4 is 0 Å². The summed E-state index contributed by atoms with van der Waals surface area (Å²) in [6.07, 6.45) is 1.02. The summed E-state index contributed by atoms with van der Waals surface area (Å²) in [6, 6.07) is 15.3. The molecule has 2 aromatic rings. The van der Waals surface area contributed by atoms with Crippen molar-refractivity contribution in [2.24, 2.45) is 0 Å². The number of hydrogen-bond acceptors (Lipinski definition) is 2. The SMILES string of the molecule is BC(c1ccc(C2(C)CC(C)(C)c3ccc(C(=C)C(C)(C)O)cc32)cc1)C(C)(C)O. The lowest BCUT2D eigenvalue weighted by Crippen LogP contribution is -2.29. The minimum atomic E-state index is -0.951. The van der Waals surface area contributed by atoms with Gasteiger partial charge in [-0.15, -0.1) is 0 Å². The molecule has 160 valence electrons. The van der Waals surface area contributed by atoms with Crippen LogP contribution in [0.3, 0.4) is 0 Å². The van der Waals surface area contributed by atoms with Crippen molar-refractivity contribution in [3.8, 4) is 0 Å². The fourth-order valence-electron chi connectivity index (χ4n) is 5.01. The highest BCUT2D eigenvalue weighted by Gasteiger charge is 2.46. The number of benzene rings is 2. The average molecular weight is 404 g/mol. The number of rotatable bonds is 5. The van der Waals surface area contributed by atoms with Gasteiger partial charge in [0.05, 0.1) is 11.2 Å². The van der Waals surface area contributed by atoms with Crippen LogP contribution in [0.25, 0.3) is 5.57 Å². The molecular formula is C27H37BO2. The number of hydrogen-bond donors (Lipinski definition) is 2. The van der Waals surface area contributed by atoms with E-state index in [-0.39, 0.29) is 16.6 Å². The molecule has 0 saturated carbocycles. The molecule has 0 saturated heterocycles. The van der Waals surface area contributed by atoms with Crippen LogP contribution in [0.15, 0.2) is 49.0 Å². The van der Waals surface area contributed by atoms with E-state index in [1.165, 1.54) is 16.7 Å². The Kier molecular flexibility index (Phi) is 5.41. The van der Waals surface area contributed by atoms with Gasteiger partial charge in [0.25, 0.3) is 0 Å². The van der Waals surface area contributed by atoms with E-state index in [1.54, 1.807) is 13.8 Å². The Labute approximate surface area is 183 Å². The predicted octanol–water partition coefficient (Wildman–Crippen LogP) is 4.90. The summed E-state index contributed by atoms with van der Waals surface area (Å²) in [5.74, 6) is 0.0633. The molecule has 3 heteroatoms. The van der Waals surface area contributed by atoms with E-state index < -0.39 is 11.2 Å². The topological polar surface area (TPSA) is 40.5 Å². The van der Waals surface area contributed by atoms with E-state index in [9.17, 15) is 10.2 Å². The summed E-state index contributed by atoms with van der Waals surface area (Å²) in [4.78, 5) is 0. The van der Waals surface area contributed by atoms with Crippen LogP contribution >= 0.6 is 0 Å². The summed E-state index contributed by atoms with van der Waals surface area (Å²) in [7, 11) is 2.07. The number of fused-ring (bicyclic) bond motifs is 1. The second-order valence-electron chi connectivity index (χ2n) is 11.2. The standard InChI is InChI=1S/C27H37BO2/c1-17(25(4,5)29)19-11-14-21-22(15-19)27(8,16-24(21,2)3)20-12-9-18(10-13-20)23(28)26(6,7)30/h9-15,23,29-30H,1,16,28H2,2-8H3. The first-order chi connectivity index (χ1) is 13.6. The fraction of sp³-hybridized carbons (Fsp3) is 0.481. The van der Waals surface area contributed by atoms with Gasteiger partial charge in [0.2, 0.25) is 0 Å². The first-order valence-electron chi connectivity index (χ1n) is 11.0. The fourth-order valence-corrected chi connectivity index (χ4v) is 5.01. The largest absolute Gasteiger partial charge is 0.391 e. The average Bonchev–Trinajstić information content (AvgIpc) is 2.85. The van der Waals surface area contributed by atoms with Gasteiger partial charge in [-0.1, -0.05) is 75.4 Å². The maximum Gasteiger partial charge on any atom is 0.114 e. The van der Waals surface area contributed by atoms with Crippen molar-refractivity contribution in [1.29, 1.82) is 0 Å². The molecule has 0 aromatic heterocycles. The van der Waals surface area contributed by atoms with E-state index in [1.807, 2.05) is 13.8 Å². The molecule has 1 aliphatic rings. The lowest BCUT2D eigenvalue weighted by molar-refractivity contribution is 0.0751. The summed E-state index contributed by atoms with van der Waals surface area (Å²) >= 11 is 0. The Morgan fingerprint density at radius 1 is 0.967 bits per heavy atom. The molecule has 30 heavy (non-hydrogen) atoms. The molecule has 0 amide bonds. The lowest BCUT2D eigenvalue weighted by Gasteiger charge is -2.30. The van der Waals surface area contributed by atoms with Crippen molar-refractivity contribution in [3.63, 3.8) is 0 Å². The molecule has 0 aliphatic heterocycles. The van der Waals surface area contributed by atoms with Crippen molar-refractivity contribution in [3.05, 3.63) is 76.9 Å². The van der Waals surface area contributed by atoms with Gasteiger partial charge in [0, 0.05) is 5.41 Å². The smallest absolute Gasteiger partial charge is 0.114 e. The molecule has 2 nitrogen and oxygen atoms in total. The zero-order valence-electron chi connectivity index (χ0n) is 19.9. The van der Waals surface area contributed by atoms with Crippen LogP contribution in [0.5, 0.6) is 0 Å². The first-order valence-corrected chi connectivity index (χ1v) is 11.0. The highest BCUT2D eigenvalue weighted by Crippen LogP contribution is 2.53. The van der Waals surface area contributed by atoms with E-state index in [4.69, 9.17) is 0 Å². The molecule has 3 rings (SSSR count). The molecule has 2 N–H and O–H groups in total. The van der Waals surface area contributed by atoms with Gasteiger partial charge in [-0.25, -0.2) is 0 Å². The van der Waals surface area contributed by atoms with Crippen molar-refractivity contribution in [1.82, 2.24) is 0 Å². The zero-order chi connectivity index (χ0) is 22.7. The Morgan fingerprint density at radius 3 is 2.03 bits per heavy atom. The van der Waals surface area contributed by atoms with Crippen molar-refractivity contribution in [2.45, 2.75) is 82.7 Å². The van der Waals surface area contributed by atoms with Gasteiger partial charge in [-0.3, -0.25) is 0 Å². The summed E-state index contributed by atoms with van der Waals surface area (Å²) in [5.41, 5.74) is 5.11. The molecule has 0 radical (unpaired) electrons. The van der Waals surface area contributed by atoms with Crippen molar-refractivity contribution < 1.29 is 10.2 Å². The number of aliphatic hydroxyl groups is 2. The van der Waals surface area contributed by atoms with Crippen LogP contribution in [0.2, 0.25) is 0 Å². The molecular weight excluding hydrogens is 367 g/mol. The highest BCUT2D eigenvalue weighted by atomic mass is 16.3. The van der Waals surface area contributed by atoms with Crippen LogP contribution in [-0.4, -0.2) is 29.3 Å². The molecule has 2 unspecified atom stereocenters. The van der Waals surface area contributed by atoms with E-state index >= 15 is 0 Å². The van der Waals surface area contributed by atoms with E-state index in [2.05, 4.69) is 77.7 Å². The third-order valence-electron chi connectivity index (χ3n) is 7.33. The lowest BCUT2D eigenvalue weighted by atomic mass is 9.69. The molecule has 0 bridgehead atoms. The molecule has 0 heterocycles. The van der Waals surface area contributed by atoms with Crippen molar-refractivity contribution in [2.75, 3.05) is 0 Å². The minimum absolute atomic E-state index is 0.0633. The third-order valence-corrected chi connectivity index (χ3v) is 7.33. The van der Waals surface area contributed by atoms with Gasteiger partial charge in [-0.2, -0.15) is 0 Å². The van der Waals surface area contributed by atoms with Gasteiger partial charge >= 0.3 is 0 Å². The van der Waals surface area contributed by atoms with Gasteiger partial charge in [0.15, 0.2) is 0 Å². The zero-order valence-corrected chi connectivity index (χ0v) is 19.9. The van der Waals surface area contributed by atoms with Crippen LogP contribution in [0.4, 0.5) is 0 Å². The quantitative estimate of drug-likeness (QED) is 0.696. The maximum absolute atomic E-state index is 10.5. The molecule has 2 atom stereocenters. The van der Waals surface area contributed by atoms with E-state index in [0.29, 0.717) is 0 Å². The Balaban J connectivity index is 2.08. The summed E-state index contributed by atoms with van der Waals surface area (Å²) < 4.78 is 0. The van der Waals surface area contributed by atoms with Crippen LogP contribution in [0, 0.1) is 0 Å². The van der Waals surface area contributed by atoms with Crippen LogP contribution in [-0.2, 0) is 10.8 Å². The molecule has 2 aromatic carbocycles. The Bertz CT molecular complexity index is 958. The Morgan fingerprint density at radius 2 is 1.53 bits per heavy atom. The molecule has 1 aliphatic carbocycles. The van der Waals surface area contributed by atoms with Gasteiger partial charge in [-0.05, 0) is 73.2 Å². The predicted molar refractivity (Wildman–Crippen MR) is 130 cm³/mol. The third kappa shape index (κ3) is 3.90.